The average Bonchev–Trinajstić information content (AvgIpc) is 2.74. The van der Waals surface area contributed by atoms with E-state index in [0.29, 0.717) is 6.61 Å². The van der Waals surface area contributed by atoms with Crippen LogP contribution < -0.4 is 0 Å². The molecule has 1 fully saturated rings. The Morgan fingerprint density at radius 1 is 1.33 bits per heavy atom. The molecule has 3 heteroatoms. The fraction of sp³-hybridized carbons (Fsp3) is 0.917. The van der Waals surface area contributed by atoms with Crippen LogP contribution >= 0.6 is 0 Å². The predicted molar refractivity (Wildman–Crippen MR) is 58.9 cm³/mol. The summed E-state index contributed by atoms with van der Waals surface area (Å²) in [6.45, 7) is 2.62. The molecule has 3 nitrogen and oxygen atoms in total. The summed E-state index contributed by atoms with van der Waals surface area (Å²) in [5.74, 6) is 0.308. The zero-order valence-corrected chi connectivity index (χ0v) is 10.0. The van der Waals surface area contributed by atoms with Gasteiger partial charge in [0.1, 0.15) is 5.60 Å². The van der Waals surface area contributed by atoms with Crippen LogP contribution in [0.15, 0.2) is 0 Å². The van der Waals surface area contributed by atoms with Gasteiger partial charge in [-0.25, -0.2) is 0 Å². The van der Waals surface area contributed by atoms with E-state index in [0.717, 1.165) is 32.1 Å². The second-order valence-electron chi connectivity index (χ2n) is 4.45. The Morgan fingerprint density at radius 3 is 2.40 bits per heavy atom. The minimum Gasteiger partial charge on any atom is -0.385 e. The number of ketones is 1. The van der Waals surface area contributed by atoms with Gasteiger partial charge in [-0.2, -0.15) is 0 Å². The van der Waals surface area contributed by atoms with E-state index in [1.54, 1.807) is 14.2 Å². The number of methoxy groups -OCH3 is 2. The SMILES string of the molecule is COCCC(C)C(=O)C1(OC)CCCC1. The second kappa shape index (κ2) is 5.61. The van der Waals surface area contributed by atoms with Crippen LogP contribution in [0.4, 0.5) is 0 Å². The molecule has 1 aliphatic carbocycles. The first-order chi connectivity index (χ1) is 7.16. The zero-order valence-electron chi connectivity index (χ0n) is 10.0. The van der Waals surface area contributed by atoms with Crippen molar-refractivity contribution in [3.05, 3.63) is 0 Å². The summed E-state index contributed by atoms with van der Waals surface area (Å²) in [7, 11) is 3.32. The number of hydrogen-bond acceptors (Lipinski definition) is 3. The quantitative estimate of drug-likeness (QED) is 0.680. The monoisotopic (exact) mass is 214 g/mol. The summed E-state index contributed by atoms with van der Waals surface area (Å²) >= 11 is 0. The van der Waals surface area contributed by atoms with Gasteiger partial charge in [0.15, 0.2) is 5.78 Å². The Bertz CT molecular complexity index is 207. The van der Waals surface area contributed by atoms with Crippen molar-refractivity contribution in [3.8, 4) is 0 Å². The lowest BCUT2D eigenvalue weighted by atomic mass is 9.86. The molecule has 1 unspecified atom stereocenters. The van der Waals surface area contributed by atoms with Gasteiger partial charge >= 0.3 is 0 Å². The molecule has 0 spiro atoms. The standard InChI is InChI=1S/C12H22O3/c1-10(6-9-14-2)11(13)12(15-3)7-4-5-8-12/h10H,4-9H2,1-3H3. The lowest BCUT2D eigenvalue weighted by Crippen LogP contribution is -2.41. The predicted octanol–water partition coefficient (Wildman–Crippen LogP) is 2.19. The largest absolute Gasteiger partial charge is 0.385 e. The third-order valence-corrected chi connectivity index (χ3v) is 3.45. The summed E-state index contributed by atoms with van der Waals surface area (Å²) in [5, 5.41) is 0. The summed E-state index contributed by atoms with van der Waals surface area (Å²) in [4.78, 5) is 12.2. The Labute approximate surface area is 92.1 Å². The van der Waals surface area contributed by atoms with Crippen LogP contribution in [0.25, 0.3) is 0 Å². The van der Waals surface area contributed by atoms with Gasteiger partial charge in [-0.15, -0.1) is 0 Å². The molecule has 0 aliphatic heterocycles. The molecule has 1 aliphatic rings. The van der Waals surface area contributed by atoms with Crippen LogP contribution in [0.2, 0.25) is 0 Å². The van der Waals surface area contributed by atoms with Gasteiger partial charge in [-0.05, 0) is 32.1 Å². The molecule has 0 aromatic rings. The van der Waals surface area contributed by atoms with Gasteiger partial charge in [0, 0.05) is 26.7 Å². The normalized spacial score (nSPS) is 21.5. The third-order valence-electron chi connectivity index (χ3n) is 3.45. The third kappa shape index (κ3) is 2.79. The summed E-state index contributed by atoms with van der Waals surface area (Å²) < 4.78 is 10.5. The van der Waals surface area contributed by atoms with Gasteiger partial charge in [-0.1, -0.05) is 6.92 Å². The number of carbonyl (C=O) groups excluding carboxylic acids is 1. The summed E-state index contributed by atoms with van der Waals surface area (Å²) in [5.41, 5.74) is -0.479. The van der Waals surface area contributed by atoms with Crippen molar-refractivity contribution < 1.29 is 14.3 Å². The molecule has 0 bridgehead atoms. The first kappa shape index (κ1) is 12.7. The molecule has 0 amide bonds. The minimum absolute atomic E-state index is 0.0444. The molecule has 1 atom stereocenters. The summed E-state index contributed by atoms with van der Waals surface area (Å²) in [6, 6.07) is 0. The highest BCUT2D eigenvalue weighted by molar-refractivity contribution is 5.89. The maximum Gasteiger partial charge on any atom is 0.167 e. The van der Waals surface area contributed by atoms with E-state index in [2.05, 4.69) is 0 Å². The summed E-state index contributed by atoms with van der Waals surface area (Å²) in [6.07, 6.45) is 4.78. The minimum atomic E-state index is -0.479. The molecule has 1 saturated carbocycles. The van der Waals surface area contributed by atoms with E-state index in [9.17, 15) is 4.79 Å². The molecule has 0 heterocycles. The van der Waals surface area contributed by atoms with Gasteiger partial charge in [-0.3, -0.25) is 4.79 Å². The molecular formula is C12H22O3. The fourth-order valence-electron chi connectivity index (χ4n) is 2.37. The molecule has 1 rings (SSSR count). The smallest absolute Gasteiger partial charge is 0.167 e. The van der Waals surface area contributed by atoms with Gasteiger partial charge < -0.3 is 9.47 Å². The van der Waals surface area contributed by atoms with E-state index in [1.165, 1.54) is 0 Å². The maximum atomic E-state index is 12.2. The molecule has 0 saturated heterocycles. The molecule has 0 aromatic carbocycles. The lowest BCUT2D eigenvalue weighted by molar-refractivity contribution is -0.144. The van der Waals surface area contributed by atoms with E-state index in [-0.39, 0.29) is 11.7 Å². The first-order valence-electron chi connectivity index (χ1n) is 5.74. The molecule has 0 aromatic heterocycles. The lowest BCUT2D eigenvalue weighted by Gasteiger charge is -2.28. The zero-order chi connectivity index (χ0) is 11.3. The molecular weight excluding hydrogens is 192 g/mol. The number of hydrogen-bond donors (Lipinski definition) is 0. The molecule has 0 N–H and O–H groups in total. The van der Waals surface area contributed by atoms with Crippen LogP contribution in [-0.4, -0.2) is 32.2 Å². The Morgan fingerprint density at radius 2 is 1.93 bits per heavy atom. The number of rotatable bonds is 6. The number of Topliss-reactive ketones (excluding diaryl/α,β-unsaturated/α-hetero) is 1. The van der Waals surface area contributed by atoms with Crippen LogP contribution in [-0.2, 0) is 14.3 Å². The average molecular weight is 214 g/mol. The second-order valence-corrected chi connectivity index (χ2v) is 4.45. The van der Waals surface area contributed by atoms with Crippen molar-refractivity contribution in [1.29, 1.82) is 0 Å². The number of ether oxygens (including phenoxy) is 2. The highest BCUT2D eigenvalue weighted by atomic mass is 16.5. The highest BCUT2D eigenvalue weighted by Gasteiger charge is 2.42. The topological polar surface area (TPSA) is 35.5 Å². The van der Waals surface area contributed by atoms with Crippen LogP contribution in [0, 0.1) is 5.92 Å². The van der Waals surface area contributed by atoms with Gasteiger partial charge in [0.25, 0.3) is 0 Å². The van der Waals surface area contributed by atoms with Crippen LogP contribution in [0.1, 0.15) is 39.0 Å². The Balaban J connectivity index is 2.56. The van der Waals surface area contributed by atoms with Gasteiger partial charge in [0.2, 0.25) is 0 Å². The first-order valence-corrected chi connectivity index (χ1v) is 5.74. The van der Waals surface area contributed by atoms with E-state index in [1.807, 2.05) is 6.92 Å². The fourth-order valence-corrected chi connectivity index (χ4v) is 2.37. The van der Waals surface area contributed by atoms with E-state index >= 15 is 0 Å². The van der Waals surface area contributed by atoms with Crippen molar-refractivity contribution in [3.63, 3.8) is 0 Å². The van der Waals surface area contributed by atoms with Crippen molar-refractivity contribution >= 4 is 5.78 Å². The van der Waals surface area contributed by atoms with Gasteiger partial charge in [0.05, 0.1) is 0 Å². The van der Waals surface area contributed by atoms with Crippen LogP contribution in [0.3, 0.4) is 0 Å². The Hall–Kier alpha value is -0.410. The molecule has 0 radical (unpaired) electrons. The van der Waals surface area contributed by atoms with Crippen molar-refractivity contribution in [1.82, 2.24) is 0 Å². The van der Waals surface area contributed by atoms with Crippen molar-refractivity contribution in [2.75, 3.05) is 20.8 Å². The number of carbonyl (C=O) groups is 1. The highest BCUT2D eigenvalue weighted by Crippen LogP contribution is 2.35. The Kier molecular flexibility index (Phi) is 4.74. The van der Waals surface area contributed by atoms with Crippen molar-refractivity contribution in [2.24, 2.45) is 5.92 Å². The van der Waals surface area contributed by atoms with Crippen molar-refractivity contribution in [2.45, 2.75) is 44.6 Å². The maximum absolute atomic E-state index is 12.2. The molecule has 88 valence electrons. The molecule has 15 heavy (non-hydrogen) atoms. The van der Waals surface area contributed by atoms with E-state index in [4.69, 9.17) is 9.47 Å². The van der Waals surface area contributed by atoms with Crippen LogP contribution in [0.5, 0.6) is 0 Å². The van der Waals surface area contributed by atoms with E-state index < -0.39 is 5.60 Å².